The van der Waals surface area contributed by atoms with Gasteiger partial charge in [0.25, 0.3) is 0 Å². The Morgan fingerprint density at radius 2 is 2.05 bits per heavy atom. The van der Waals surface area contributed by atoms with E-state index in [2.05, 4.69) is 9.82 Å². The second-order valence-electron chi connectivity index (χ2n) is 5.63. The van der Waals surface area contributed by atoms with Crippen molar-refractivity contribution in [2.45, 2.75) is 49.8 Å². The second kappa shape index (κ2) is 5.73. The number of nitrogens with one attached hydrogen (secondary N) is 1. The summed E-state index contributed by atoms with van der Waals surface area (Å²) in [7, 11) is -3.28. The molecule has 0 bridgehead atoms. The van der Waals surface area contributed by atoms with Crippen LogP contribution in [0.15, 0.2) is 12.4 Å². The number of hydrogen-bond donors (Lipinski definition) is 1. The van der Waals surface area contributed by atoms with Crippen molar-refractivity contribution in [3.63, 3.8) is 0 Å². The highest BCUT2D eigenvalue weighted by molar-refractivity contribution is 7.93. The van der Waals surface area contributed by atoms with E-state index in [0.29, 0.717) is 12.3 Å². The van der Waals surface area contributed by atoms with Crippen molar-refractivity contribution in [1.82, 2.24) is 9.78 Å². The SMILES string of the molecule is O=S(=O)(Nc1cnn([C@H]2CCOC2)c1)C1CCCCC1. The van der Waals surface area contributed by atoms with Gasteiger partial charge in [-0.05, 0) is 19.3 Å². The van der Waals surface area contributed by atoms with E-state index in [1.165, 1.54) is 0 Å². The Morgan fingerprint density at radius 3 is 2.75 bits per heavy atom. The molecule has 3 rings (SSSR count). The molecule has 2 heterocycles. The van der Waals surface area contributed by atoms with E-state index in [4.69, 9.17) is 4.74 Å². The number of anilines is 1. The number of rotatable bonds is 4. The Balaban J connectivity index is 1.67. The molecule has 1 aromatic rings. The highest BCUT2D eigenvalue weighted by Gasteiger charge is 2.28. The Kier molecular flexibility index (Phi) is 3.98. The van der Waals surface area contributed by atoms with Gasteiger partial charge in [0.05, 0.1) is 29.8 Å². The van der Waals surface area contributed by atoms with E-state index in [-0.39, 0.29) is 11.3 Å². The van der Waals surface area contributed by atoms with Gasteiger partial charge in [-0.25, -0.2) is 8.42 Å². The number of hydrogen-bond acceptors (Lipinski definition) is 4. The molecule has 0 amide bonds. The summed E-state index contributed by atoms with van der Waals surface area (Å²) in [6, 6.07) is 0.225. The quantitative estimate of drug-likeness (QED) is 0.922. The third kappa shape index (κ3) is 2.98. The Labute approximate surface area is 119 Å². The Bertz CT molecular complexity index is 543. The predicted octanol–water partition coefficient (Wildman–Crippen LogP) is 1.92. The van der Waals surface area contributed by atoms with Crippen molar-refractivity contribution in [3.8, 4) is 0 Å². The maximum absolute atomic E-state index is 12.3. The number of aromatic nitrogens is 2. The van der Waals surface area contributed by atoms with Gasteiger partial charge >= 0.3 is 0 Å². The molecule has 1 aliphatic heterocycles. The highest BCUT2D eigenvalue weighted by Crippen LogP contribution is 2.26. The van der Waals surface area contributed by atoms with Gasteiger partial charge in [-0.3, -0.25) is 9.40 Å². The van der Waals surface area contributed by atoms with Gasteiger partial charge in [0.1, 0.15) is 0 Å². The van der Waals surface area contributed by atoms with Crippen LogP contribution in [0.4, 0.5) is 5.69 Å². The van der Waals surface area contributed by atoms with Crippen molar-refractivity contribution in [3.05, 3.63) is 12.4 Å². The molecule has 1 saturated heterocycles. The Hall–Kier alpha value is -1.08. The van der Waals surface area contributed by atoms with Crippen LogP contribution >= 0.6 is 0 Å². The molecule has 20 heavy (non-hydrogen) atoms. The largest absolute Gasteiger partial charge is 0.379 e. The molecule has 0 spiro atoms. The van der Waals surface area contributed by atoms with Crippen molar-refractivity contribution in [1.29, 1.82) is 0 Å². The summed E-state index contributed by atoms with van der Waals surface area (Å²) in [6.07, 6.45) is 8.95. The molecular weight excluding hydrogens is 278 g/mol. The first-order valence-electron chi connectivity index (χ1n) is 7.29. The standard InChI is InChI=1S/C13H21N3O3S/c17-20(18,13-4-2-1-3-5-13)15-11-8-14-16(9-11)12-6-7-19-10-12/h8-9,12-13,15H,1-7,10H2/t12-/m0/s1. The second-order valence-corrected chi connectivity index (χ2v) is 7.59. The van der Waals surface area contributed by atoms with Gasteiger partial charge in [0, 0.05) is 12.8 Å². The van der Waals surface area contributed by atoms with Gasteiger partial charge in [-0.15, -0.1) is 0 Å². The molecule has 0 unspecified atom stereocenters. The topological polar surface area (TPSA) is 73.2 Å². The highest BCUT2D eigenvalue weighted by atomic mass is 32.2. The molecule has 6 nitrogen and oxygen atoms in total. The molecule has 1 aliphatic carbocycles. The van der Waals surface area contributed by atoms with E-state index >= 15 is 0 Å². The maximum Gasteiger partial charge on any atom is 0.235 e. The monoisotopic (exact) mass is 299 g/mol. The fourth-order valence-electron chi connectivity index (χ4n) is 2.94. The first-order chi connectivity index (χ1) is 9.65. The zero-order valence-electron chi connectivity index (χ0n) is 11.5. The lowest BCUT2D eigenvalue weighted by Gasteiger charge is -2.21. The first-order valence-corrected chi connectivity index (χ1v) is 8.83. The van der Waals surface area contributed by atoms with Crippen LogP contribution in [0.2, 0.25) is 0 Å². The minimum atomic E-state index is -3.28. The summed E-state index contributed by atoms with van der Waals surface area (Å²) in [5.74, 6) is 0. The lowest BCUT2D eigenvalue weighted by molar-refractivity contribution is 0.184. The lowest BCUT2D eigenvalue weighted by Crippen LogP contribution is -2.29. The van der Waals surface area contributed by atoms with Crippen molar-refractivity contribution >= 4 is 15.7 Å². The smallest absolute Gasteiger partial charge is 0.235 e. The molecule has 1 saturated carbocycles. The van der Waals surface area contributed by atoms with Crippen LogP contribution in [0.3, 0.4) is 0 Å². The number of nitrogens with zero attached hydrogens (tertiary/aromatic N) is 2. The summed E-state index contributed by atoms with van der Waals surface area (Å²) >= 11 is 0. The van der Waals surface area contributed by atoms with E-state index < -0.39 is 10.0 Å². The van der Waals surface area contributed by atoms with Gasteiger partial charge in [0.2, 0.25) is 10.0 Å². The fourth-order valence-corrected chi connectivity index (χ4v) is 4.50. The van der Waals surface area contributed by atoms with E-state index in [0.717, 1.165) is 45.1 Å². The van der Waals surface area contributed by atoms with E-state index in [1.54, 1.807) is 17.1 Å². The number of ether oxygens (including phenoxy) is 1. The van der Waals surface area contributed by atoms with Crippen LogP contribution in [0.25, 0.3) is 0 Å². The predicted molar refractivity (Wildman–Crippen MR) is 76.1 cm³/mol. The van der Waals surface area contributed by atoms with Crippen LogP contribution in [0, 0.1) is 0 Å². The van der Waals surface area contributed by atoms with E-state index in [1.807, 2.05) is 0 Å². The molecule has 112 valence electrons. The zero-order chi connectivity index (χ0) is 14.0. The third-order valence-electron chi connectivity index (χ3n) is 4.13. The molecule has 1 aromatic heterocycles. The van der Waals surface area contributed by atoms with E-state index in [9.17, 15) is 8.42 Å². The Morgan fingerprint density at radius 1 is 1.25 bits per heavy atom. The molecule has 7 heteroatoms. The van der Waals surface area contributed by atoms with Gasteiger partial charge in [-0.2, -0.15) is 5.10 Å². The molecule has 2 aliphatic rings. The maximum atomic E-state index is 12.3. The van der Waals surface area contributed by atoms with Crippen LogP contribution in [-0.4, -0.2) is 36.7 Å². The fraction of sp³-hybridized carbons (Fsp3) is 0.769. The van der Waals surface area contributed by atoms with Crippen molar-refractivity contribution < 1.29 is 13.2 Å². The number of sulfonamides is 1. The molecule has 1 N–H and O–H groups in total. The molecule has 0 aromatic carbocycles. The summed E-state index contributed by atoms with van der Waals surface area (Å²) in [4.78, 5) is 0. The minimum Gasteiger partial charge on any atom is -0.379 e. The average Bonchev–Trinajstić information content (AvgIpc) is 3.10. The van der Waals surface area contributed by atoms with Crippen molar-refractivity contribution in [2.24, 2.45) is 0 Å². The van der Waals surface area contributed by atoms with Crippen LogP contribution in [-0.2, 0) is 14.8 Å². The minimum absolute atomic E-state index is 0.225. The third-order valence-corrected chi connectivity index (χ3v) is 6.00. The van der Waals surface area contributed by atoms with Crippen LogP contribution < -0.4 is 4.72 Å². The molecule has 2 fully saturated rings. The molecular formula is C13H21N3O3S. The first kappa shape index (κ1) is 13.9. The van der Waals surface area contributed by atoms with Crippen LogP contribution in [0.5, 0.6) is 0 Å². The zero-order valence-corrected chi connectivity index (χ0v) is 12.3. The average molecular weight is 299 g/mol. The normalized spacial score (nSPS) is 24.9. The van der Waals surface area contributed by atoms with Gasteiger partial charge in [0.15, 0.2) is 0 Å². The van der Waals surface area contributed by atoms with Gasteiger partial charge < -0.3 is 4.74 Å². The molecule has 1 atom stereocenters. The summed E-state index contributed by atoms with van der Waals surface area (Å²) < 4.78 is 34.4. The molecule has 0 radical (unpaired) electrons. The van der Waals surface area contributed by atoms with Crippen LogP contribution in [0.1, 0.15) is 44.6 Å². The van der Waals surface area contributed by atoms with Crippen molar-refractivity contribution in [2.75, 3.05) is 17.9 Å². The van der Waals surface area contributed by atoms with Gasteiger partial charge in [-0.1, -0.05) is 19.3 Å². The summed E-state index contributed by atoms with van der Waals surface area (Å²) in [6.45, 7) is 1.39. The summed E-state index contributed by atoms with van der Waals surface area (Å²) in [5, 5.41) is 3.98. The summed E-state index contributed by atoms with van der Waals surface area (Å²) in [5.41, 5.74) is 0.558. The lowest BCUT2D eigenvalue weighted by atomic mass is 10.0.